The number of pyridine rings is 1. The number of aromatic nitrogens is 2. The molecule has 1 aromatic carbocycles. The Bertz CT molecular complexity index is 1370. The summed E-state index contributed by atoms with van der Waals surface area (Å²) in [6, 6.07) is 6.36. The molecule has 0 saturated carbocycles. The van der Waals surface area contributed by atoms with Crippen LogP contribution in [0.1, 0.15) is 35.3 Å². The molecule has 2 aromatic heterocycles. The Balaban J connectivity index is 1.49. The summed E-state index contributed by atoms with van der Waals surface area (Å²) in [5.74, 6) is 0.240. The number of halogens is 2. The zero-order valence-corrected chi connectivity index (χ0v) is 22.3. The van der Waals surface area contributed by atoms with Crippen molar-refractivity contribution in [1.82, 2.24) is 20.2 Å². The second-order valence-electron chi connectivity index (χ2n) is 9.49. The van der Waals surface area contributed by atoms with Crippen molar-refractivity contribution in [3.63, 3.8) is 0 Å². The number of amides is 2. The molecule has 0 aliphatic carbocycles. The normalized spacial score (nSPS) is 21.2. The molecule has 0 radical (unpaired) electrons. The molecule has 9 nitrogen and oxygen atoms in total. The first kappa shape index (κ1) is 24.0. The van der Waals surface area contributed by atoms with Gasteiger partial charge in [0.05, 0.1) is 0 Å². The van der Waals surface area contributed by atoms with Crippen LogP contribution >= 0.6 is 0 Å². The number of hydrogen-bond donors (Lipinski definition) is 3. The first-order valence-corrected chi connectivity index (χ1v) is 14.2. The average Bonchev–Trinajstić information content (AvgIpc) is 3.25. The summed E-state index contributed by atoms with van der Waals surface area (Å²) in [5, 5.41) is 6.45. The minimum absolute atomic E-state index is 0.0129. The third-order valence-electron chi connectivity index (χ3n) is 7.24. The molecule has 1 unspecified atom stereocenters. The Morgan fingerprint density at radius 1 is 1.24 bits per heavy atom. The topological polar surface area (TPSA) is 109 Å². The predicted octanol–water partition coefficient (Wildman–Crippen LogP) is 1.24. The molecular formula is C26H26FIN5O4-. The quantitative estimate of drug-likeness (QED) is 0.232. The number of nitrogens with zero attached hydrogens (tertiary/aromatic N) is 2. The van der Waals surface area contributed by atoms with E-state index in [1.54, 1.807) is 30.6 Å². The van der Waals surface area contributed by atoms with Gasteiger partial charge in [0.15, 0.2) is 0 Å². The van der Waals surface area contributed by atoms with E-state index < -0.39 is 27.4 Å². The number of hydrogen-bond acceptors (Lipinski definition) is 6. The van der Waals surface area contributed by atoms with E-state index in [2.05, 4.69) is 20.6 Å². The Morgan fingerprint density at radius 2 is 2.08 bits per heavy atom. The number of ether oxygens (including phenoxy) is 1. The summed E-state index contributed by atoms with van der Waals surface area (Å²) in [6.45, 7) is 1.43. The van der Waals surface area contributed by atoms with Crippen molar-refractivity contribution < 1.29 is 43.4 Å². The first-order valence-electron chi connectivity index (χ1n) is 12.2. The first-order chi connectivity index (χ1) is 18.0. The summed E-state index contributed by atoms with van der Waals surface area (Å²) in [4.78, 5) is 36.0. The van der Waals surface area contributed by atoms with E-state index >= 15 is 0 Å². The molecule has 4 aliphatic rings. The number of benzene rings is 1. The summed E-state index contributed by atoms with van der Waals surface area (Å²) >= 11 is -1.27. The summed E-state index contributed by atoms with van der Waals surface area (Å²) < 4.78 is 25.9. The molecular weight excluding hydrogens is 592 g/mol. The number of piperidine rings is 1. The molecule has 1 saturated heterocycles. The zero-order valence-electron chi connectivity index (χ0n) is 20.1. The summed E-state index contributed by atoms with van der Waals surface area (Å²) in [5.41, 5.74) is 3.44. The molecule has 3 aromatic rings. The molecule has 4 aliphatic heterocycles. The number of anilines is 2. The van der Waals surface area contributed by atoms with Gasteiger partial charge < -0.3 is 0 Å². The van der Waals surface area contributed by atoms with Crippen LogP contribution in [-0.4, -0.2) is 50.9 Å². The van der Waals surface area contributed by atoms with Crippen molar-refractivity contribution in [3.05, 3.63) is 53.7 Å². The van der Waals surface area contributed by atoms with Gasteiger partial charge in [-0.25, -0.2) is 0 Å². The van der Waals surface area contributed by atoms with Gasteiger partial charge in [-0.05, 0) is 0 Å². The molecule has 6 heterocycles. The van der Waals surface area contributed by atoms with E-state index in [1.165, 1.54) is 13.2 Å². The van der Waals surface area contributed by atoms with Crippen LogP contribution in [0.4, 0.5) is 20.6 Å². The van der Waals surface area contributed by atoms with E-state index in [4.69, 9.17) is 7.80 Å². The van der Waals surface area contributed by atoms with Crippen molar-refractivity contribution in [2.75, 3.05) is 25.5 Å². The van der Waals surface area contributed by atoms with Crippen LogP contribution in [0.2, 0.25) is 0 Å². The van der Waals surface area contributed by atoms with Gasteiger partial charge in [-0.2, -0.15) is 0 Å². The van der Waals surface area contributed by atoms with Crippen molar-refractivity contribution >= 4 is 21.2 Å². The number of H-pyrrole nitrogens is 1. The summed E-state index contributed by atoms with van der Waals surface area (Å²) in [7, 11) is 1.40. The number of fused-ring (bicyclic) bond motifs is 4. The van der Waals surface area contributed by atoms with Gasteiger partial charge in [-0.15, -0.1) is 0 Å². The minimum atomic E-state index is -1.27. The van der Waals surface area contributed by atoms with Crippen molar-refractivity contribution in [2.45, 2.75) is 31.7 Å². The van der Waals surface area contributed by atoms with Gasteiger partial charge >= 0.3 is 224 Å². The average molecular weight is 618 g/mol. The Morgan fingerprint density at radius 3 is 2.89 bits per heavy atom. The van der Waals surface area contributed by atoms with Gasteiger partial charge in [-0.3, -0.25) is 0 Å². The molecule has 1 atom stereocenters. The molecule has 37 heavy (non-hydrogen) atoms. The maximum atomic E-state index is 14.5. The van der Waals surface area contributed by atoms with Crippen molar-refractivity contribution in [3.8, 4) is 22.8 Å². The van der Waals surface area contributed by atoms with Crippen LogP contribution < -0.4 is 40.1 Å². The van der Waals surface area contributed by atoms with Crippen LogP contribution in [0.25, 0.3) is 11.3 Å². The van der Waals surface area contributed by atoms with Gasteiger partial charge in [0.1, 0.15) is 0 Å². The number of para-hydroxylation sites is 1. The van der Waals surface area contributed by atoms with E-state index in [0.717, 1.165) is 25.0 Å². The fourth-order valence-electron chi connectivity index (χ4n) is 5.45. The number of carbonyl (C=O) groups excluding carboxylic acids is 2. The molecule has 5 bridgehead atoms. The standard InChI is InChI=1S/C26H26FIN5O4/c1-36-24-17(27)3-2-4-18(24)31-23-21-19-12-15(30-25(21)34)11-14-6-9-33(10-7-14)26(35)28-37-20-13-29-8-5-16(20)22(23)32-19/h2-5,8,13-15,31-32H,6-7,9-12H2,1H3,(H,30,34)/q-1. The van der Waals surface area contributed by atoms with Gasteiger partial charge in [-0.1, -0.05) is 0 Å². The second-order valence-corrected chi connectivity index (χ2v) is 11.3. The fraction of sp³-hybridized carbons (Fsp3) is 0.346. The molecule has 0 spiro atoms. The number of carbonyl (C=O) groups is 2. The van der Waals surface area contributed by atoms with Gasteiger partial charge in [0.2, 0.25) is 0 Å². The third-order valence-corrected chi connectivity index (χ3v) is 9.00. The van der Waals surface area contributed by atoms with Crippen molar-refractivity contribution in [2.24, 2.45) is 5.92 Å². The van der Waals surface area contributed by atoms with E-state index in [1.807, 2.05) is 4.90 Å². The van der Waals surface area contributed by atoms with Crippen LogP contribution in [0.5, 0.6) is 11.5 Å². The van der Waals surface area contributed by atoms with Crippen LogP contribution in [-0.2, 0) is 6.42 Å². The maximum absolute atomic E-state index is 14.5. The Labute approximate surface area is 223 Å². The van der Waals surface area contributed by atoms with Crippen LogP contribution in [0.15, 0.2) is 36.7 Å². The van der Waals surface area contributed by atoms with E-state index in [0.29, 0.717) is 59.4 Å². The fourth-order valence-corrected chi connectivity index (χ4v) is 6.98. The van der Waals surface area contributed by atoms with Gasteiger partial charge in [0.25, 0.3) is 0 Å². The Hall–Kier alpha value is -3.35. The molecule has 1 fully saturated rings. The third kappa shape index (κ3) is 4.49. The summed E-state index contributed by atoms with van der Waals surface area (Å²) in [6.07, 6.45) is 6.54. The van der Waals surface area contributed by atoms with Gasteiger partial charge in [0, 0.05) is 0 Å². The number of aromatic amines is 1. The second kappa shape index (κ2) is 9.84. The zero-order chi connectivity index (χ0) is 25.5. The van der Waals surface area contributed by atoms with E-state index in [-0.39, 0.29) is 21.6 Å². The monoisotopic (exact) mass is 618 g/mol. The van der Waals surface area contributed by atoms with E-state index in [9.17, 15) is 14.0 Å². The molecule has 2 amide bonds. The van der Waals surface area contributed by atoms with Crippen LogP contribution in [0.3, 0.4) is 0 Å². The predicted molar refractivity (Wildman–Crippen MR) is 130 cm³/mol. The number of nitrogens with one attached hydrogen (secondary N) is 3. The number of methoxy groups -OCH3 is 1. The Kier molecular flexibility index (Phi) is 6.39. The molecule has 7 rings (SSSR count). The SMILES string of the molecule is COc1c(F)cccc1Nc1c2[nH]c3c1C(=O)NC(C3)CC1CCN(CC1)C(=O)[I-]Oc1cnccc1-2. The number of rotatable bonds is 3. The molecule has 194 valence electrons. The van der Waals surface area contributed by atoms with Crippen LogP contribution in [0, 0.1) is 11.7 Å². The molecule has 11 heteroatoms. The van der Waals surface area contributed by atoms with Crippen molar-refractivity contribution in [1.29, 1.82) is 0 Å². The molecule has 3 N–H and O–H groups in total.